The van der Waals surface area contributed by atoms with E-state index >= 15 is 0 Å². The summed E-state index contributed by atoms with van der Waals surface area (Å²) in [4.78, 5) is 95.9. The lowest BCUT2D eigenvalue weighted by atomic mass is 9.97. The lowest BCUT2D eigenvalue weighted by molar-refractivity contribution is -0.331. The summed E-state index contributed by atoms with van der Waals surface area (Å²) in [5.74, 6) is -6.93. The molecule has 19 heteroatoms. The van der Waals surface area contributed by atoms with Crippen LogP contribution in [0.3, 0.4) is 0 Å². The summed E-state index contributed by atoms with van der Waals surface area (Å²) >= 11 is 0. The fourth-order valence-corrected chi connectivity index (χ4v) is 4.76. The first-order valence-corrected chi connectivity index (χ1v) is 14.2. The van der Waals surface area contributed by atoms with Gasteiger partial charge in [0.25, 0.3) is 0 Å². The molecule has 0 spiro atoms. The Bertz CT molecular complexity index is 1200. The van der Waals surface area contributed by atoms with Crippen LogP contribution in [0.5, 0.6) is 0 Å². The minimum absolute atomic E-state index is 0.541. The van der Waals surface area contributed by atoms with Gasteiger partial charge in [0, 0.05) is 55.4 Å². The van der Waals surface area contributed by atoms with Gasteiger partial charge in [-0.2, -0.15) is 0 Å². The van der Waals surface area contributed by atoms with Crippen LogP contribution in [-0.2, 0) is 90.5 Å². The van der Waals surface area contributed by atoms with Crippen LogP contribution in [0.1, 0.15) is 55.4 Å². The summed E-state index contributed by atoms with van der Waals surface area (Å²) in [5.41, 5.74) is 0. The average molecular weight is 679 g/mol. The summed E-state index contributed by atoms with van der Waals surface area (Å²) in [7, 11) is 0. The summed E-state index contributed by atoms with van der Waals surface area (Å²) in [6.07, 6.45) is -15.6. The molecular weight excluding hydrogens is 640 g/mol. The molecule has 10 atom stereocenters. The second kappa shape index (κ2) is 17.5. The van der Waals surface area contributed by atoms with Crippen molar-refractivity contribution in [3.05, 3.63) is 0 Å². The van der Waals surface area contributed by atoms with E-state index < -0.39 is 122 Å². The number of esters is 8. The highest BCUT2D eigenvalue weighted by molar-refractivity contribution is 5.70. The molecule has 0 bridgehead atoms. The quantitative estimate of drug-likeness (QED) is 0.181. The molecule has 0 unspecified atom stereocenters. The van der Waals surface area contributed by atoms with Gasteiger partial charge in [-0.25, -0.2) is 0 Å². The Morgan fingerprint density at radius 1 is 0.383 bits per heavy atom. The number of rotatable bonds is 12. The van der Waals surface area contributed by atoms with E-state index in [-0.39, 0.29) is 0 Å². The van der Waals surface area contributed by atoms with E-state index in [4.69, 9.17) is 52.1 Å². The van der Waals surface area contributed by atoms with Crippen molar-refractivity contribution in [2.75, 3.05) is 13.2 Å². The smallest absolute Gasteiger partial charge is 0.305 e. The van der Waals surface area contributed by atoms with E-state index in [0.717, 1.165) is 55.4 Å². The van der Waals surface area contributed by atoms with Gasteiger partial charge >= 0.3 is 47.8 Å². The van der Waals surface area contributed by atoms with Crippen molar-refractivity contribution in [2.45, 2.75) is 117 Å². The van der Waals surface area contributed by atoms with Gasteiger partial charge in [-0.05, 0) is 0 Å². The molecular formula is C28H38O19. The maximum Gasteiger partial charge on any atom is 0.305 e. The molecule has 2 aliphatic heterocycles. The van der Waals surface area contributed by atoms with E-state index in [2.05, 4.69) is 0 Å². The Hall–Kier alpha value is -4.36. The van der Waals surface area contributed by atoms with Crippen LogP contribution in [0, 0.1) is 0 Å². The molecule has 2 heterocycles. The summed E-state index contributed by atoms with van der Waals surface area (Å²) in [6.45, 7) is 7.09. The predicted molar refractivity (Wildman–Crippen MR) is 145 cm³/mol. The molecule has 2 aliphatic rings. The van der Waals surface area contributed by atoms with Crippen molar-refractivity contribution >= 4 is 47.8 Å². The molecule has 264 valence electrons. The topological polar surface area (TPSA) is 238 Å². The highest BCUT2D eigenvalue weighted by Crippen LogP contribution is 2.33. The lowest BCUT2D eigenvalue weighted by Crippen LogP contribution is -2.65. The molecule has 0 radical (unpaired) electrons. The molecule has 0 aromatic carbocycles. The number of carbonyl (C=O) groups excluding carboxylic acids is 8. The molecule has 19 nitrogen and oxygen atoms in total. The van der Waals surface area contributed by atoms with Crippen molar-refractivity contribution in [3.8, 4) is 0 Å². The molecule has 0 aliphatic carbocycles. The Morgan fingerprint density at radius 2 is 0.702 bits per heavy atom. The third-order valence-corrected chi connectivity index (χ3v) is 6.15. The molecule has 47 heavy (non-hydrogen) atoms. The van der Waals surface area contributed by atoms with Gasteiger partial charge in [0.15, 0.2) is 36.8 Å². The van der Waals surface area contributed by atoms with Crippen molar-refractivity contribution in [1.29, 1.82) is 0 Å². The molecule has 0 amide bonds. The standard InChI is InChI=1S/C28H38O19/c1-11(29)37-9-19-21(39-12(2)30)23(41-14(4)32)25(43-16(6)34)27(46-19)38-10-20-22(40-13(3)31)24(42-15(5)33)26(44-17(7)35)28(47-20)45-18(8)36/h19-28H,9-10H2,1-8H3/t19-,20+,21-,22-,23-,24-,25-,26-,27+,28+/m0/s1. The minimum atomic E-state index is -1.71. The SMILES string of the molecule is CC(=O)OC[C@@H]1O[C@@H](OC[C@H]2O[C@@H](OC(C)=O)[C@@H](OC(C)=O)[C@@H](OC(C)=O)[C@H]2OC(C)=O)[C@@H](OC(C)=O)[C@@H](OC(C)=O)[C@H]1OC(C)=O. The van der Waals surface area contributed by atoms with Crippen LogP contribution in [0.2, 0.25) is 0 Å². The van der Waals surface area contributed by atoms with E-state index in [0.29, 0.717) is 0 Å². The van der Waals surface area contributed by atoms with E-state index in [1.165, 1.54) is 0 Å². The minimum Gasteiger partial charge on any atom is -0.463 e. The maximum atomic E-state index is 12.1. The monoisotopic (exact) mass is 678 g/mol. The molecule has 2 saturated heterocycles. The lowest BCUT2D eigenvalue weighted by Gasteiger charge is -2.46. The second-order valence-electron chi connectivity index (χ2n) is 10.3. The summed E-state index contributed by atoms with van der Waals surface area (Å²) in [6, 6.07) is 0. The molecule has 0 N–H and O–H groups in total. The molecule has 0 aromatic heterocycles. The third kappa shape index (κ3) is 12.1. The summed E-state index contributed by atoms with van der Waals surface area (Å²) in [5, 5.41) is 0. The van der Waals surface area contributed by atoms with Gasteiger partial charge in [0.2, 0.25) is 12.4 Å². The van der Waals surface area contributed by atoms with Crippen LogP contribution >= 0.6 is 0 Å². The van der Waals surface area contributed by atoms with Gasteiger partial charge in [-0.3, -0.25) is 38.4 Å². The Morgan fingerprint density at radius 3 is 1.09 bits per heavy atom. The van der Waals surface area contributed by atoms with E-state index in [1.807, 2.05) is 0 Å². The number of hydrogen-bond donors (Lipinski definition) is 0. The Kier molecular flexibility index (Phi) is 14.5. The highest BCUT2D eigenvalue weighted by atomic mass is 16.8. The summed E-state index contributed by atoms with van der Waals surface area (Å²) < 4.78 is 59.8. The fourth-order valence-electron chi connectivity index (χ4n) is 4.76. The first-order chi connectivity index (χ1) is 21.9. The Balaban J connectivity index is 2.56. The van der Waals surface area contributed by atoms with Crippen LogP contribution in [0.15, 0.2) is 0 Å². The number of carbonyl (C=O) groups is 8. The van der Waals surface area contributed by atoms with Crippen LogP contribution < -0.4 is 0 Å². The zero-order valence-electron chi connectivity index (χ0n) is 26.9. The van der Waals surface area contributed by atoms with Crippen molar-refractivity contribution in [3.63, 3.8) is 0 Å². The van der Waals surface area contributed by atoms with Crippen molar-refractivity contribution in [1.82, 2.24) is 0 Å². The normalized spacial score (nSPS) is 30.0. The average Bonchev–Trinajstić information content (AvgIpc) is 2.91. The van der Waals surface area contributed by atoms with Gasteiger partial charge in [-0.1, -0.05) is 0 Å². The zero-order chi connectivity index (χ0) is 35.6. The Labute approximate surface area is 268 Å². The van der Waals surface area contributed by atoms with Gasteiger partial charge in [0.1, 0.15) is 18.8 Å². The first-order valence-electron chi connectivity index (χ1n) is 14.2. The van der Waals surface area contributed by atoms with Crippen LogP contribution in [0.4, 0.5) is 0 Å². The third-order valence-electron chi connectivity index (χ3n) is 6.15. The van der Waals surface area contributed by atoms with Crippen molar-refractivity contribution in [2.24, 2.45) is 0 Å². The zero-order valence-corrected chi connectivity index (χ0v) is 26.9. The van der Waals surface area contributed by atoms with Crippen molar-refractivity contribution < 1.29 is 90.5 Å². The van der Waals surface area contributed by atoms with Crippen LogP contribution in [-0.4, -0.2) is 122 Å². The predicted octanol–water partition coefficient (Wildman–Crippen LogP) is -0.831. The molecule has 2 fully saturated rings. The molecule has 2 rings (SSSR count). The maximum absolute atomic E-state index is 12.1. The van der Waals surface area contributed by atoms with E-state index in [9.17, 15) is 38.4 Å². The molecule has 0 aromatic rings. The van der Waals surface area contributed by atoms with Gasteiger partial charge < -0.3 is 52.1 Å². The van der Waals surface area contributed by atoms with Crippen LogP contribution in [0.25, 0.3) is 0 Å². The first kappa shape index (κ1) is 38.8. The van der Waals surface area contributed by atoms with Gasteiger partial charge in [0.05, 0.1) is 6.61 Å². The fraction of sp³-hybridized carbons (Fsp3) is 0.714. The van der Waals surface area contributed by atoms with Gasteiger partial charge in [-0.15, -0.1) is 0 Å². The van der Waals surface area contributed by atoms with E-state index in [1.54, 1.807) is 0 Å². The number of hydrogen-bond acceptors (Lipinski definition) is 19. The number of ether oxygens (including phenoxy) is 11. The molecule has 0 saturated carbocycles. The highest BCUT2D eigenvalue weighted by Gasteiger charge is 2.56. The largest absolute Gasteiger partial charge is 0.463 e. The second-order valence-corrected chi connectivity index (χ2v) is 10.3.